The number of nitrogens with one attached hydrogen (secondary N) is 8. The maximum Gasteiger partial charge on any atom is 0.243 e. The van der Waals surface area contributed by atoms with E-state index in [1.165, 1.54) is 26.4 Å². The van der Waals surface area contributed by atoms with E-state index in [4.69, 9.17) is 5.73 Å². The number of H-pyrrole nitrogens is 1. The number of hydrogen-bond donors (Lipinski definition) is 9. The van der Waals surface area contributed by atoms with Gasteiger partial charge < -0.3 is 47.9 Å². The average molecular weight is 739 g/mol. The number of primary amides is 1. The number of carbonyl (C=O) groups excluding carboxylic acids is 8. The third kappa shape index (κ3) is 14.0. The Morgan fingerprint density at radius 2 is 1.58 bits per heavy atom. The van der Waals surface area contributed by atoms with Crippen LogP contribution in [-0.2, 0) is 51.2 Å². The van der Waals surface area contributed by atoms with Gasteiger partial charge in [-0.2, -0.15) is 0 Å². The number of hydrogen-bond acceptors (Lipinski definition) is 9. The fourth-order valence-electron chi connectivity index (χ4n) is 5.57. The molecule has 53 heavy (non-hydrogen) atoms. The number of aromatic amines is 1. The van der Waals surface area contributed by atoms with E-state index in [1.54, 1.807) is 30.3 Å². The van der Waals surface area contributed by atoms with Crippen LogP contribution >= 0.6 is 0 Å². The Balaban J connectivity index is 2.00. The van der Waals surface area contributed by atoms with Crippen LogP contribution in [0.3, 0.4) is 0 Å². The van der Waals surface area contributed by atoms with Crippen molar-refractivity contribution in [1.29, 1.82) is 0 Å². The molecule has 288 valence electrons. The highest BCUT2D eigenvalue weighted by molar-refractivity contribution is 5.97. The normalized spacial score (nSPS) is 22.9. The van der Waals surface area contributed by atoms with Crippen LogP contribution in [0.25, 0.3) is 0 Å². The first kappa shape index (κ1) is 41.6. The number of nitrogens with zero attached hydrogens (tertiary/aromatic N) is 1. The van der Waals surface area contributed by atoms with Crippen molar-refractivity contribution >= 4 is 47.3 Å². The lowest BCUT2D eigenvalue weighted by Gasteiger charge is -2.27. The Kier molecular flexibility index (Phi) is 16.4. The second-order valence-corrected chi connectivity index (χ2v) is 12.9. The van der Waals surface area contributed by atoms with E-state index in [0.29, 0.717) is 24.1 Å². The Bertz CT molecular complexity index is 1590. The molecule has 2 unspecified atom stereocenters. The summed E-state index contributed by atoms with van der Waals surface area (Å²) in [6, 6.07) is 1.59. The van der Waals surface area contributed by atoms with Crippen molar-refractivity contribution in [2.45, 2.75) is 108 Å². The molecule has 1 aliphatic heterocycles. The lowest BCUT2D eigenvalue weighted by atomic mass is 10.0. The number of rotatable bonds is 11. The zero-order valence-electron chi connectivity index (χ0n) is 30.2. The van der Waals surface area contributed by atoms with Crippen LogP contribution < -0.4 is 43.0 Å². The summed E-state index contributed by atoms with van der Waals surface area (Å²) in [5.74, 6) is -5.53. The molecule has 3 rings (SSSR count). The van der Waals surface area contributed by atoms with Crippen LogP contribution in [0.4, 0.5) is 0 Å². The van der Waals surface area contributed by atoms with E-state index in [-0.39, 0.29) is 38.6 Å². The monoisotopic (exact) mass is 738 g/mol. The molecule has 0 saturated carbocycles. The fourth-order valence-corrected chi connectivity index (χ4v) is 5.57. The molecule has 10 N–H and O–H groups in total. The van der Waals surface area contributed by atoms with Crippen molar-refractivity contribution in [1.82, 2.24) is 47.2 Å². The minimum Gasteiger partial charge on any atom is -0.368 e. The second-order valence-electron chi connectivity index (χ2n) is 12.9. The van der Waals surface area contributed by atoms with Crippen LogP contribution in [0.1, 0.15) is 70.6 Å². The van der Waals surface area contributed by atoms with Crippen molar-refractivity contribution < 1.29 is 38.4 Å². The first-order valence-corrected chi connectivity index (χ1v) is 17.6. The SMILES string of the molecule is CCCC[C@H](NC(C)=O)C(=O)N[C@H]1CCC(=O)NCCC(C(N)=O)NC(=O)[C@H](C)NC(=O)C(Cc2ccccc2)NC(=O)[C@H](Cc2cnc[nH]2)NC1=O. The highest BCUT2D eigenvalue weighted by Gasteiger charge is 2.33. The summed E-state index contributed by atoms with van der Waals surface area (Å²) in [6.45, 7) is 4.50. The summed E-state index contributed by atoms with van der Waals surface area (Å²) in [5.41, 5.74) is 6.65. The van der Waals surface area contributed by atoms with E-state index in [2.05, 4.69) is 47.2 Å². The van der Waals surface area contributed by atoms with Gasteiger partial charge in [0.1, 0.15) is 36.3 Å². The zero-order valence-corrected chi connectivity index (χ0v) is 30.2. The minimum absolute atomic E-state index is 0.0101. The molecular formula is C35H50N10O8. The predicted octanol–water partition coefficient (Wildman–Crippen LogP) is -1.88. The standard InChI is InChI=1S/C35H50N10O8/c1-4-5-11-25(41-21(3)46)32(50)43-26-12-13-29(47)38-15-14-24(30(36)48)42-31(49)20(2)40-34(52)27(16-22-9-7-6-8-10-22)44-35(53)28(45-33(26)51)17-23-18-37-19-39-23/h6-10,18-20,24-28H,4-5,11-17H2,1-3H3,(H2,36,48)(H,37,39)(H,38,47)(H,40,52)(H,41,46)(H,42,49)(H,43,50)(H,44,53)(H,45,51)/t20-,24?,25-,26-,27?,28-/m0/s1. The second kappa shape index (κ2) is 20.9. The average Bonchev–Trinajstić information content (AvgIpc) is 3.63. The van der Waals surface area contributed by atoms with Gasteiger partial charge in [-0.25, -0.2) is 4.98 Å². The summed E-state index contributed by atoms with van der Waals surface area (Å²) in [5, 5.41) is 18.3. The van der Waals surface area contributed by atoms with Crippen molar-refractivity contribution in [3.63, 3.8) is 0 Å². The summed E-state index contributed by atoms with van der Waals surface area (Å²) < 4.78 is 0. The van der Waals surface area contributed by atoms with Gasteiger partial charge in [-0.3, -0.25) is 38.4 Å². The number of carbonyl (C=O) groups is 8. The molecule has 1 aromatic carbocycles. The van der Waals surface area contributed by atoms with E-state index in [9.17, 15) is 38.4 Å². The molecule has 8 amide bonds. The van der Waals surface area contributed by atoms with Gasteiger partial charge in [0.15, 0.2) is 0 Å². The van der Waals surface area contributed by atoms with Crippen molar-refractivity contribution in [2.75, 3.05) is 6.54 Å². The van der Waals surface area contributed by atoms with E-state index >= 15 is 0 Å². The molecular weight excluding hydrogens is 688 g/mol. The van der Waals surface area contributed by atoms with Crippen molar-refractivity contribution in [2.24, 2.45) is 5.73 Å². The number of aromatic nitrogens is 2. The maximum absolute atomic E-state index is 14.0. The summed E-state index contributed by atoms with van der Waals surface area (Å²) in [7, 11) is 0. The fraction of sp³-hybridized carbons (Fsp3) is 0.514. The number of unbranched alkanes of at least 4 members (excludes halogenated alkanes) is 1. The molecule has 0 spiro atoms. The Morgan fingerprint density at radius 3 is 2.23 bits per heavy atom. The molecule has 0 radical (unpaired) electrons. The highest BCUT2D eigenvalue weighted by Crippen LogP contribution is 2.09. The summed E-state index contributed by atoms with van der Waals surface area (Å²) in [4.78, 5) is 112. The van der Waals surface area contributed by atoms with Gasteiger partial charge in [0.25, 0.3) is 0 Å². The predicted molar refractivity (Wildman–Crippen MR) is 191 cm³/mol. The zero-order chi connectivity index (χ0) is 38.9. The van der Waals surface area contributed by atoms with Gasteiger partial charge >= 0.3 is 0 Å². The molecule has 0 aliphatic carbocycles. The van der Waals surface area contributed by atoms with Crippen LogP contribution in [-0.4, -0.2) is 100 Å². The molecule has 2 heterocycles. The molecule has 0 bridgehead atoms. The molecule has 1 saturated heterocycles. The third-order valence-corrected chi connectivity index (χ3v) is 8.53. The number of nitrogens with two attached hydrogens (primary N) is 1. The first-order valence-electron chi connectivity index (χ1n) is 17.6. The van der Waals surface area contributed by atoms with Gasteiger partial charge in [-0.15, -0.1) is 0 Å². The maximum atomic E-state index is 14.0. The van der Waals surface area contributed by atoms with E-state index in [0.717, 1.165) is 6.42 Å². The Labute approximate surface area is 307 Å². The molecule has 1 aliphatic rings. The van der Waals surface area contributed by atoms with Crippen LogP contribution in [0.15, 0.2) is 42.9 Å². The van der Waals surface area contributed by atoms with Gasteiger partial charge in [-0.1, -0.05) is 50.1 Å². The van der Waals surface area contributed by atoms with Gasteiger partial charge in [0.2, 0.25) is 47.3 Å². The molecule has 18 nitrogen and oxygen atoms in total. The lowest BCUT2D eigenvalue weighted by Crippen LogP contribution is -2.60. The number of imidazole rings is 1. The largest absolute Gasteiger partial charge is 0.368 e. The Hall–Kier alpha value is -5.81. The van der Waals surface area contributed by atoms with Crippen LogP contribution in [0.2, 0.25) is 0 Å². The lowest BCUT2D eigenvalue weighted by molar-refractivity contribution is -0.135. The number of benzene rings is 1. The molecule has 1 fully saturated rings. The molecule has 1 aromatic heterocycles. The number of amides is 8. The molecule has 18 heteroatoms. The third-order valence-electron chi connectivity index (χ3n) is 8.53. The first-order chi connectivity index (χ1) is 25.3. The Morgan fingerprint density at radius 1 is 0.906 bits per heavy atom. The minimum atomic E-state index is -1.34. The smallest absolute Gasteiger partial charge is 0.243 e. The highest BCUT2D eigenvalue weighted by atomic mass is 16.2. The summed E-state index contributed by atoms with van der Waals surface area (Å²) >= 11 is 0. The summed E-state index contributed by atoms with van der Waals surface area (Å²) in [6.07, 6.45) is 3.83. The van der Waals surface area contributed by atoms with E-state index in [1.807, 2.05) is 6.92 Å². The van der Waals surface area contributed by atoms with Crippen LogP contribution in [0, 0.1) is 0 Å². The van der Waals surface area contributed by atoms with Gasteiger partial charge in [0, 0.05) is 44.6 Å². The topological polar surface area (TPSA) is 275 Å². The van der Waals surface area contributed by atoms with E-state index < -0.39 is 83.5 Å². The quantitative estimate of drug-likeness (QED) is 0.125. The van der Waals surface area contributed by atoms with Gasteiger partial charge in [0.05, 0.1) is 6.33 Å². The van der Waals surface area contributed by atoms with Crippen molar-refractivity contribution in [3.05, 3.63) is 54.1 Å². The molecule has 2 aromatic rings. The van der Waals surface area contributed by atoms with Gasteiger partial charge in [-0.05, 0) is 31.7 Å². The molecule has 6 atom stereocenters. The van der Waals surface area contributed by atoms with Crippen molar-refractivity contribution in [3.8, 4) is 0 Å². The van der Waals surface area contributed by atoms with Crippen LogP contribution in [0.5, 0.6) is 0 Å².